The number of benzene rings is 2. The summed E-state index contributed by atoms with van der Waals surface area (Å²) in [4.78, 5) is 14.5. The zero-order valence-corrected chi connectivity index (χ0v) is 15.6. The highest BCUT2D eigenvalue weighted by molar-refractivity contribution is 7.99. The predicted octanol–water partition coefficient (Wildman–Crippen LogP) is 4.94. The Hall–Kier alpha value is -2.21. The number of anilines is 1. The quantitative estimate of drug-likeness (QED) is 0.824. The Morgan fingerprint density at radius 3 is 2.81 bits per heavy atom. The SMILES string of the molecule is CCOc1ccccc1NC(=O)N1CCSC(c2ccccc2F)CC1. The number of nitrogens with one attached hydrogen (secondary N) is 1. The van der Waals surface area contributed by atoms with Crippen molar-refractivity contribution in [1.82, 2.24) is 4.90 Å². The Labute approximate surface area is 157 Å². The van der Waals surface area contributed by atoms with Gasteiger partial charge in [0.15, 0.2) is 0 Å². The van der Waals surface area contributed by atoms with Gasteiger partial charge in [-0.05, 0) is 31.5 Å². The van der Waals surface area contributed by atoms with E-state index in [1.165, 1.54) is 6.07 Å². The summed E-state index contributed by atoms with van der Waals surface area (Å²) in [7, 11) is 0. The molecule has 2 amide bonds. The van der Waals surface area contributed by atoms with Crippen LogP contribution in [0.1, 0.15) is 24.2 Å². The van der Waals surface area contributed by atoms with Gasteiger partial charge in [-0.3, -0.25) is 0 Å². The van der Waals surface area contributed by atoms with E-state index in [4.69, 9.17) is 4.74 Å². The number of thioether (sulfide) groups is 1. The van der Waals surface area contributed by atoms with E-state index in [-0.39, 0.29) is 17.1 Å². The van der Waals surface area contributed by atoms with Crippen LogP contribution in [0.25, 0.3) is 0 Å². The number of rotatable bonds is 4. The summed E-state index contributed by atoms with van der Waals surface area (Å²) >= 11 is 1.70. The van der Waals surface area contributed by atoms with Crippen LogP contribution in [0.3, 0.4) is 0 Å². The molecule has 1 unspecified atom stereocenters. The van der Waals surface area contributed by atoms with Crippen LogP contribution in [-0.4, -0.2) is 36.4 Å². The van der Waals surface area contributed by atoms with Crippen molar-refractivity contribution < 1.29 is 13.9 Å². The molecule has 2 aromatic rings. The maximum atomic E-state index is 14.0. The molecule has 3 rings (SSSR count). The number of para-hydroxylation sites is 2. The van der Waals surface area contributed by atoms with Crippen LogP contribution in [-0.2, 0) is 0 Å². The van der Waals surface area contributed by atoms with Gasteiger partial charge in [0.25, 0.3) is 0 Å². The minimum atomic E-state index is -0.173. The zero-order valence-electron chi connectivity index (χ0n) is 14.8. The second kappa shape index (κ2) is 8.94. The Balaban J connectivity index is 1.64. The molecule has 26 heavy (non-hydrogen) atoms. The largest absolute Gasteiger partial charge is 0.492 e. The number of amides is 2. The van der Waals surface area contributed by atoms with Crippen molar-refractivity contribution in [3.8, 4) is 5.75 Å². The third-order valence-corrected chi connectivity index (χ3v) is 5.62. The first kappa shape index (κ1) is 18.6. The normalized spacial score (nSPS) is 17.5. The van der Waals surface area contributed by atoms with Crippen LogP contribution >= 0.6 is 11.8 Å². The van der Waals surface area contributed by atoms with E-state index in [9.17, 15) is 9.18 Å². The van der Waals surface area contributed by atoms with Crippen molar-refractivity contribution in [3.63, 3.8) is 0 Å². The third kappa shape index (κ3) is 4.49. The molecule has 1 N–H and O–H groups in total. The van der Waals surface area contributed by atoms with E-state index in [2.05, 4.69) is 5.32 Å². The Kier molecular flexibility index (Phi) is 6.39. The van der Waals surface area contributed by atoms with Crippen molar-refractivity contribution in [2.45, 2.75) is 18.6 Å². The molecule has 1 saturated heterocycles. The summed E-state index contributed by atoms with van der Waals surface area (Å²) in [6, 6.07) is 14.2. The summed E-state index contributed by atoms with van der Waals surface area (Å²) in [6.07, 6.45) is 0.728. The highest BCUT2D eigenvalue weighted by Crippen LogP contribution is 2.35. The Morgan fingerprint density at radius 1 is 1.23 bits per heavy atom. The molecule has 0 aliphatic carbocycles. The van der Waals surface area contributed by atoms with Crippen molar-refractivity contribution in [3.05, 3.63) is 59.9 Å². The minimum absolute atomic E-state index is 0.0738. The second-order valence-corrected chi connectivity index (χ2v) is 7.33. The maximum Gasteiger partial charge on any atom is 0.321 e. The number of ether oxygens (including phenoxy) is 1. The molecule has 2 aromatic carbocycles. The van der Waals surface area contributed by atoms with Crippen LogP contribution in [0, 0.1) is 5.82 Å². The lowest BCUT2D eigenvalue weighted by Crippen LogP contribution is -2.36. The zero-order chi connectivity index (χ0) is 18.4. The van der Waals surface area contributed by atoms with E-state index in [1.807, 2.05) is 43.3 Å². The number of hydrogen-bond acceptors (Lipinski definition) is 3. The molecule has 1 aliphatic heterocycles. The first-order valence-electron chi connectivity index (χ1n) is 8.83. The number of halogens is 1. The molecule has 138 valence electrons. The van der Waals surface area contributed by atoms with Gasteiger partial charge in [-0.2, -0.15) is 11.8 Å². The smallest absolute Gasteiger partial charge is 0.321 e. The predicted molar refractivity (Wildman–Crippen MR) is 104 cm³/mol. The van der Waals surface area contributed by atoms with E-state index in [0.29, 0.717) is 31.1 Å². The van der Waals surface area contributed by atoms with Crippen LogP contribution in [0.5, 0.6) is 5.75 Å². The summed E-state index contributed by atoms with van der Waals surface area (Å²) < 4.78 is 19.6. The molecule has 1 atom stereocenters. The van der Waals surface area contributed by atoms with Gasteiger partial charge in [-0.25, -0.2) is 9.18 Å². The average Bonchev–Trinajstić information content (AvgIpc) is 2.90. The molecule has 0 bridgehead atoms. The molecule has 4 nitrogen and oxygen atoms in total. The summed E-state index contributed by atoms with van der Waals surface area (Å²) in [6.45, 7) is 3.68. The first-order valence-corrected chi connectivity index (χ1v) is 9.87. The second-order valence-electron chi connectivity index (χ2n) is 6.02. The Morgan fingerprint density at radius 2 is 2.00 bits per heavy atom. The van der Waals surface area contributed by atoms with Gasteiger partial charge >= 0.3 is 6.03 Å². The van der Waals surface area contributed by atoms with Crippen LogP contribution in [0.15, 0.2) is 48.5 Å². The molecular formula is C20H23FN2O2S. The van der Waals surface area contributed by atoms with Gasteiger partial charge in [0.05, 0.1) is 12.3 Å². The van der Waals surface area contributed by atoms with Gasteiger partial charge in [0.2, 0.25) is 0 Å². The van der Waals surface area contributed by atoms with Crippen LogP contribution in [0.4, 0.5) is 14.9 Å². The minimum Gasteiger partial charge on any atom is -0.492 e. The van der Waals surface area contributed by atoms with E-state index < -0.39 is 0 Å². The lowest BCUT2D eigenvalue weighted by molar-refractivity contribution is 0.215. The summed E-state index contributed by atoms with van der Waals surface area (Å²) in [5, 5.41) is 3.01. The fourth-order valence-corrected chi connectivity index (χ4v) is 4.26. The van der Waals surface area contributed by atoms with Gasteiger partial charge in [0.1, 0.15) is 11.6 Å². The van der Waals surface area contributed by atoms with Crippen molar-refractivity contribution >= 4 is 23.5 Å². The summed E-state index contributed by atoms with van der Waals surface area (Å²) in [5.41, 5.74) is 1.39. The number of urea groups is 1. The fourth-order valence-electron chi connectivity index (χ4n) is 3.00. The lowest BCUT2D eigenvalue weighted by atomic mass is 10.1. The third-order valence-electron chi connectivity index (χ3n) is 4.31. The molecule has 0 aromatic heterocycles. The number of nitrogens with zero attached hydrogens (tertiary/aromatic N) is 1. The molecule has 1 fully saturated rings. The lowest BCUT2D eigenvalue weighted by Gasteiger charge is -2.22. The van der Waals surface area contributed by atoms with Crippen LogP contribution in [0.2, 0.25) is 0 Å². The topological polar surface area (TPSA) is 41.6 Å². The number of carbonyl (C=O) groups is 1. The average molecular weight is 374 g/mol. The Bertz CT molecular complexity index is 756. The van der Waals surface area contributed by atoms with Gasteiger partial charge < -0.3 is 15.0 Å². The molecule has 0 spiro atoms. The number of carbonyl (C=O) groups excluding carboxylic acids is 1. The number of hydrogen-bond donors (Lipinski definition) is 1. The maximum absolute atomic E-state index is 14.0. The molecule has 1 heterocycles. The van der Waals surface area contributed by atoms with E-state index >= 15 is 0 Å². The van der Waals surface area contributed by atoms with Gasteiger partial charge in [-0.1, -0.05) is 30.3 Å². The molecule has 0 radical (unpaired) electrons. The molecular weight excluding hydrogens is 351 g/mol. The highest BCUT2D eigenvalue weighted by Gasteiger charge is 2.24. The van der Waals surface area contributed by atoms with Gasteiger partial charge in [-0.15, -0.1) is 0 Å². The van der Waals surface area contributed by atoms with Crippen LogP contribution < -0.4 is 10.1 Å². The van der Waals surface area contributed by atoms with Crippen molar-refractivity contribution in [2.24, 2.45) is 0 Å². The van der Waals surface area contributed by atoms with Crippen molar-refractivity contribution in [2.75, 3.05) is 30.8 Å². The molecule has 1 aliphatic rings. The molecule has 6 heteroatoms. The highest BCUT2D eigenvalue weighted by atomic mass is 32.2. The van der Waals surface area contributed by atoms with Crippen molar-refractivity contribution in [1.29, 1.82) is 0 Å². The standard InChI is InChI=1S/C20H23FN2O2S/c1-2-25-18-10-6-5-9-17(18)22-20(24)23-12-11-19(26-14-13-23)15-7-3-4-8-16(15)21/h3-10,19H,2,11-14H2,1H3,(H,22,24). The van der Waals surface area contributed by atoms with E-state index in [0.717, 1.165) is 17.7 Å². The van der Waals surface area contributed by atoms with Gasteiger partial charge in [0, 0.05) is 29.7 Å². The molecule has 0 saturated carbocycles. The monoisotopic (exact) mass is 374 g/mol. The summed E-state index contributed by atoms with van der Waals surface area (Å²) in [5.74, 6) is 1.27. The fraction of sp³-hybridized carbons (Fsp3) is 0.350. The van der Waals surface area contributed by atoms with E-state index in [1.54, 1.807) is 22.7 Å². The first-order chi connectivity index (χ1) is 12.7.